The van der Waals surface area contributed by atoms with E-state index in [9.17, 15) is 4.79 Å². The van der Waals surface area contributed by atoms with Crippen molar-refractivity contribution in [3.8, 4) is 0 Å². The largest absolute Gasteiger partial charge is 0.394 e. The van der Waals surface area contributed by atoms with Crippen LogP contribution < -0.4 is 11.4 Å². The first-order valence-corrected chi connectivity index (χ1v) is 4.17. The zero-order valence-corrected chi connectivity index (χ0v) is 7.93. The van der Waals surface area contributed by atoms with Crippen LogP contribution in [-0.4, -0.2) is 27.9 Å². The quantitative estimate of drug-likeness (QED) is 0.613. The van der Waals surface area contributed by atoms with E-state index < -0.39 is 5.69 Å². The molecule has 78 valence electrons. The van der Waals surface area contributed by atoms with Gasteiger partial charge in [0.05, 0.1) is 13.2 Å². The molecule has 0 unspecified atom stereocenters. The van der Waals surface area contributed by atoms with Crippen LogP contribution in [0.3, 0.4) is 0 Å². The predicted octanol–water partition coefficient (Wildman–Crippen LogP) is -0.900. The molecule has 1 heterocycles. The van der Waals surface area contributed by atoms with Gasteiger partial charge in [-0.25, -0.2) is 4.79 Å². The number of nitrogens with zero attached hydrogens (tertiary/aromatic N) is 2. The van der Waals surface area contributed by atoms with E-state index in [0.717, 1.165) is 5.56 Å². The van der Waals surface area contributed by atoms with Gasteiger partial charge in [0.2, 0.25) is 0 Å². The summed E-state index contributed by atoms with van der Waals surface area (Å²) in [4.78, 5) is 14.8. The number of rotatable bonds is 4. The zero-order valence-electron chi connectivity index (χ0n) is 7.93. The number of ether oxygens (including phenoxy) is 1. The van der Waals surface area contributed by atoms with Crippen molar-refractivity contribution >= 4 is 5.82 Å². The molecule has 0 atom stereocenters. The van der Waals surface area contributed by atoms with Gasteiger partial charge in [0, 0.05) is 11.8 Å². The lowest BCUT2D eigenvalue weighted by Crippen LogP contribution is -2.25. The molecule has 0 aliphatic heterocycles. The monoisotopic (exact) mass is 199 g/mol. The molecule has 1 aromatic rings. The number of anilines is 1. The highest BCUT2D eigenvalue weighted by molar-refractivity contribution is 5.34. The number of nitrogen functional groups attached to an aromatic ring is 1. The normalized spacial score (nSPS) is 10.4. The van der Waals surface area contributed by atoms with Crippen LogP contribution in [0.4, 0.5) is 5.82 Å². The fourth-order valence-electron chi connectivity index (χ4n) is 0.930. The molecule has 1 aromatic heterocycles. The van der Waals surface area contributed by atoms with Gasteiger partial charge in [-0.05, 0) is 6.92 Å². The minimum absolute atomic E-state index is 0.0733. The number of aliphatic hydroxyl groups is 1. The zero-order chi connectivity index (χ0) is 10.6. The van der Waals surface area contributed by atoms with Crippen LogP contribution in [0.1, 0.15) is 5.56 Å². The lowest BCUT2D eigenvalue weighted by atomic mass is 10.3. The third-order valence-electron chi connectivity index (χ3n) is 1.68. The maximum atomic E-state index is 11.2. The van der Waals surface area contributed by atoms with Crippen molar-refractivity contribution in [1.82, 2.24) is 9.55 Å². The Kier molecular flexibility index (Phi) is 3.61. The second-order valence-corrected chi connectivity index (χ2v) is 2.82. The number of hydrogen-bond donors (Lipinski definition) is 2. The third-order valence-corrected chi connectivity index (χ3v) is 1.68. The lowest BCUT2D eigenvalue weighted by molar-refractivity contribution is 0.0457. The molecule has 0 aliphatic carbocycles. The maximum Gasteiger partial charge on any atom is 0.351 e. The fraction of sp³-hybridized carbons (Fsp3) is 0.500. The highest BCUT2D eigenvalue weighted by Gasteiger charge is 2.01. The molecule has 0 saturated carbocycles. The molecule has 0 saturated heterocycles. The average Bonchev–Trinajstić information content (AvgIpc) is 2.14. The lowest BCUT2D eigenvalue weighted by Gasteiger charge is -2.07. The summed E-state index contributed by atoms with van der Waals surface area (Å²) in [5.41, 5.74) is 5.71. The molecule has 1 rings (SSSR count). The molecule has 0 aromatic carbocycles. The van der Waals surface area contributed by atoms with Crippen molar-refractivity contribution in [3.05, 3.63) is 22.2 Å². The van der Waals surface area contributed by atoms with Crippen LogP contribution >= 0.6 is 0 Å². The Morgan fingerprint density at radius 1 is 1.71 bits per heavy atom. The number of aliphatic hydroxyl groups excluding tert-OH is 1. The van der Waals surface area contributed by atoms with Gasteiger partial charge in [0.1, 0.15) is 12.5 Å². The summed E-state index contributed by atoms with van der Waals surface area (Å²) in [6.07, 6.45) is 1.57. The van der Waals surface area contributed by atoms with Gasteiger partial charge in [-0.1, -0.05) is 0 Å². The van der Waals surface area contributed by atoms with Gasteiger partial charge in [-0.3, -0.25) is 4.57 Å². The molecule has 6 nitrogen and oxygen atoms in total. The van der Waals surface area contributed by atoms with Gasteiger partial charge >= 0.3 is 5.69 Å². The average molecular weight is 199 g/mol. The molecule has 0 radical (unpaired) electrons. The van der Waals surface area contributed by atoms with Crippen LogP contribution in [0.15, 0.2) is 11.0 Å². The van der Waals surface area contributed by atoms with Crippen LogP contribution in [0.2, 0.25) is 0 Å². The molecular formula is C8H13N3O3. The molecule has 0 aliphatic rings. The standard InChI is InChI=1S/C8H13N3O3/c1-6-4-11(5-14-3-2-12)8(13)10-7(6)9/h4,12H,2-3,5H2,1H3,(H2,9,10,13). The first kappa shape index (κ1) is 10.7. The van der Waals surface area contributed by atoms with Crippen molar-refractivity contribution in [3.63, 3.8) is 0 Å². The maximum absolute atomic E-state index is 11.2. The number of aromatic nitrogens is 2. The first-order valence-electron chi connectivity index (χ1n) is 4.17. The van der Waals surface area contributed by atoms with Crippen molar-refractivity contribution in [2.45, 2.75) is 13.7 Å². The van der Waals surface area contributed by atoms with E-state index >= 15 is 0 Å². The Morgan fingerprint density at radius 3 is 3.07 bits per heavy atom. The molecule has 3 N–H and O–H groups in total. The number of nitrogens with two attached hydrogens (primary N) is 1. The van der Waals surface area contributed by atoms with Gasteiger partial charge in [0.15, 0.2) is 0 Å². The molecule has 14 heavy (non-hydrogen) atoms. The molecule has 6 heteroatoms. The summed E-state index contributed by atoms with van der Waals surface area (Å²) in [6.45, 7) is 1.95. The molecule has 0 fully saturated rings. The smallest absolute Gasteiger partial charge is 0.351 e. The van der Waals surface area contributed by atoms with E-state index in [1.165, 1.54) is 4.57 Å². The van der Waals surface area contributed by atoms with Gasteiger partial charge in [-0.15, -0.1) is 0 Å². The van der Waals surface area contributed by atoms with E-state index in [2.05, 4.69) is 4.98 Å². The van der Waals surface area contributed by atoms with Crippen molar-refractivity contribution in [2.75, 3.05) is 18.9 Å². The summed E-state index contributed by atoms with van der Waals surface area (Å²) < 4.78 is 6.27. The number of hydrogen-bond acceptors (Lipinski definition) is 5. The van der Waals surface area contributed by atoms with Gasteiger partial charge in [-0.2, -0.15) is 4.98 Å². The summed E-state index contributed by atoms with van der Waals surface area (Å²) in [5.74, 6) is 0.230. The topological polar surface area (TPSA) is 90.4 Å². The first-order chi connectivity index (χ1) is 6.65. The van der Waals surface area contributed by atoms with Crippen LogP contribution in [-0.2, 0) is 11.5 Å². The van der Waals surface area contributed by atoms with E-state index in [-0.39, 0.29) is 25.8 Å². The minimum atomic E-state index is -0.453. The Morgan fingerprint density at radius 2 is 2.43 bits per heavy atom. The van der Waals surface area contributed by atoms with Crippen LogP contribution in [0.25, 0.3) is 0 Å². The molecule has 0 amide bonds. The highest BCUT2D eigenvalue weighted by atomic mass is 16.5. The van der Waals surface area contributed by atoms with E-state index in [1.54, 1.807) is 13.1 Å². The van der Waals surface area contributed by atoms with Crippen molar-refractivity contribution in [1.29, 1.82) is 0 Å². The van der Waals surface area contributed by atoms with E-state index in [1.807, 2.05) is 0 Å². The van der Waals surface area contributed by atoms with E-state index in [0.29, 0.717) is 0 Å². The summed E-state index contributed by atoms with van der Waals surface area (Å²) in [6, 6.07) is 0. The summed E-state index contributed by atoms with van der Waals surface area (Å²) in [5, 5.41) is 8.46. The second-order valence-electron chi connectivity index (χ2n) is 2.82. The molecule has 0 bridgehead atoms. The summed E-state index contributed by atoms with van der Waals surface area (Å²) >= 11 is 0. The molecule has 0 spiro atoms. The van der Waals surface area contributed by atoms with Gasteiger partial charge < -0.3 is 15.6 Å². The Hall–Kier alpha value is -1.40. The predicted molar refractivity (Wildman–Crippen MR) is 50.7 cm³/mol. The van der Waals surface area contributed by atoms with Crippen molar-refractivity contribution in [2.24, 2.45) is 0 Å². The minimum Gasteiger partial charge on any atom is -0.394 e. The van der Waals surface area contributed by atoms with Crippen LogP contribution in [0, 0.1) is 6.92 Å². The Labute approximate surface area is 80.9 Å². The Balaban J connectivity index is 2.77. The van der Waals surface area contributed by atoms with Gasteiger partial charge in [0.25, 0.3) is 0 Å². The van der Waals surface area contributed by atoms with Crippen LogP contribution in [0.5, 0.6) is 0 Å². The number of aryl methyl sites for hydroxylation is 1. The third kappa shape index (κ3) is 2.54. The highest BCUT2D eigenvalue weighted by Crippen LogP contribution is 2.01. The van der Waals surface area contributed by atoms with E-state index in [4.69, 9.17) is 15.6 Å². The summed E-state index contributed by atoms with van der Waals surface area (Å²) in [7, 11) is 0. The molecular weight excluding hydrogens is 186 g/mol. The Bertz CT molecular complexity index is 361. The van der Waals surface area contributed by atoms with Crippen molar-refractivity contribution < 1.29 is 9.84 Å². The second kappa shape index (κ2) is 4.73. The fourth-order valence-corrected chi connectivity index (χ4v) is 0.930. The SMILES string of the molecule is Cc1cn(COCCO)c(=O)nc1N.